The summed E-state index contributed by atoms with van der Waals surface area (Å²) in [6, 6.07) is 21.1. The maximum atomic E-state index is 12.2. The summed E-state index contributed by atoms with van der Waals surface area (Å²) in [7, 11) is 0. The molecular formula is C31H33N7O3. The van der Waals surface area contributed by atoms with Gasteiger partial charge in [0.15, 0.2) is 12.4 Å². The molecule has 41 heavy (non-hydrogen) atoms. The highest BCUT2D eigenvalue weighted by Gasteiger charge is 2.13. The lowest BCUT2D eigenvalue weighted by atomic mass is 10.1. The van der Waals surface area contributed by atoms with E-state index >= 15 is 0 Å². The van der Waals surface area contributed by atoms with Gasteiger partial charge in [-0.05, 0) is 70.2 Å². The average molecular weight is 552 g/mol. The van der Waals surface area contributed by atoms with Gasteiger partial charge in [0.25, 0.3) is 5.91 Å². The number of hydrogen-bond acceptors (Lipinski definition) is 7. The van der Waals surface area contributed by atoms with E-state index < -0.39 is 0 Å². The molecule has 2 amide bonds. The number of carbonyl (C=O) groups excluding carboxylic acids is 2. The Kier molecular flexibility index (Phi) is 8.09. The number of fused-ring (bicyclic) bond motifs is 2. The van der Waals surface area contributed by atoms with Crippen LogP contribution in [0.25, 0.3) is 33.2 Å². The largest absolute Gasteiger partial charge is 0.484 e. The summed E-state index contributed by atoms with van der Waals surface area (Å²) >= 11 is 0. The van der Waals surface area contributed by atoms with Crippen LogP contribution < -0.4 is 20.7 Å². The summed E-state index contributed by atoms with van der Waals surface area (Å²) < 4.78 is 7.40. The third-order valence-electron chi connectivity index (χ3n) is 6.16. The minimum absolute atomic E-state index is 0.0439. The Morgan fingerprint density at radius 3 is 2.46 bits per heavy atom. The molecule has 210 valence electrons. The van der Waals surface area contributed by atoms with Crippen LogP contribution in [0.2, 0.25) is 0 Å². The molecule has 0 aliphatic rings. The predicted octanol–water partition coefficient (Wildman–Crippen LogP) is 4.82. The maximum Gasteiger partial charge on any atom is 0.258 e. The standard InChI is InChI=1S/C31H33N7O3/c1-19(2)33-28(39)17-38-27-13-12-23(14-22(27)16-32-38)35-31-25-10-5-6-11-26(25)36-30(37-31)21-8-7-9-24(15-21)41-18-29(40)34-20(3)4/h5-16,19-20H,17-18H2,1-4H3,(H,33,39)(H,34,40)(H,35,36,37). The van der Waals surface area contributed by atoms with Crippen molar-refractivity contribution in [3.8, 4) is 17.1 Å². The highest BCUT2D eigenvalue weighted by molar-refractivity contribution is 5.93. The van der Waals surface area contributed by atoms with Crippen molar-refractivity contribution in [2.75, 3.05) is 11.9 Å². The Morgan fingerprint density at radius 1 is 0.878 bits per heavy atom. The molecule has 5 aromatic rings. The molecule has 0 unspecified atom stereocenters. The lowest BCUT2D eigenvalue weighted by Gasteiger charge is -2.13. The molecule has 0 aliphatic carbocycles. The second-order valence-electron chi connectivity index (χ2n) is 10.4. The van der Waals surface area contributed by atoms with Gasteiger partial charge >= 0.3 is 0 Å². The zero-order chi connectivity index (χ0) is 28.9. The first-order chi connectivity index (χ1) is 19.7. The van der Waals surface area contributed by atoms with Gasteiger partial charge in [0, 0.05) is 34.1 Å². The van der Waals surface area contributed by atoms with Crippen LogP contribution in [0.1, 0.15) is 27.7 Å². The number of anilines is 2. The van der Waals surface area contributed by atoms with Crippen molar-refractivity contribution in [1.82, 2.24) is 30.4 Å². The fourth-order valence-corrected chi connectivity index (χ4v) is 4.47. The van der Waals surface area contributed by atoms with E-state index in [1.54, 1.807) is 16.9 Å². The maximum absolute atomic E-state index is 12.2. The summed E-state index contributed by atoms with van der Waals surface area (Å²) in [4.78, 5) is 33.9. The molecule has 0 radical (unpaired) electrons. The Balaban J connectivity index is 1.41. The van der Waals surface area contributed by atoms with E-state index in [0.717, 1.165) is 33.1 Å². The fraction of sp³-hybridized carbons (Fsp3) is 0.258. The molecular weight excluding hydrogens is 518 g/mol. The van der Waals surface area contributed by atoms with Crippen LogP contribution in [-0.2, 0) is 16.1 Å². The van der Waals surface area contributed by atoms with Crippen LogP contribution in [0, 0.1) is 0 Å². The van der Waals surface area contributed by atoms with E-state index in [9.17, 15) is 9.59 Å². The smallest absolute Gasteiger partial charge is 0.258 e. The van der Waals surface area contributed by atoms with Gasteiger partial charge in [0.1, 0.15) is 18.1 Å². The van der Waals surface area contributed by atoms with Crippen molar-refractivity contribution in [3.05, 3.63) is 72.9 Å². The van der Waals surface area contributed by atoms with Crippen LogP contribution in [0.4, 0.5) is 11.5 Å². The molecule has 5 rings (SSSR count). The lowest BCUT2D eigenvalue weighted by molar-refractivity contribution is -0.124. The van der Waals surface area contributed by atoms with Gasteiger partial charge in [-0.1, -0.05) is 24.3 Å². The van der Waals surface area contributed by atoms with Crippen molar-refractivity contribution >= 4 is 45.1 Å². The number of carbonyl (C=O) groups is 2. The molecule has 3 N–H and O–H groups in total. The number of nitrogens with one attached hydrogen (secondary N) is 3. The molecule has 0 fully saturated rings. The summed E-state index contributed by atoms with van der Waals surface area (Å²) in [5, 5.41) is 15.3. The van der Waals surface area contributed by atoms with Crippen molar-refractivity contribution in [1.29, 1.82) is 0 Å². The van der Waals surface area contributed by atoms with E-state index in [1.807, 2.05) is 88.4 Å². The molecule has 0 spiro atoms. The molecule has 2 aromatic heterocycles. The van der Waals surface area contributed by atoms with Crippen molar-refractivity contribution in [2.45, 2.75) is 46.3 Å². The number of hydrogen-bond donors (Lipinski definition) is 3. The first-order valence-electron chi connectivity index (χ1n) is 13.6. The molecule has 0 aliphatic heterocycles. The molecule has 2 heterocycles. The number of aromatic nitrogens is 4. The lowest BCUT2D eigenvalue weighted by Crippen LogP contribution is -2.34. The van der Waals surface area contributed by atoms with Gasteiger partial charge in [-0.25, -0.2) is 9.97 Å². The minimum atomic E-state index is -0.180. The number of rotatable bonds is 10. The predicted molar refractivity (Wildman–Crippen MR) is 160 cm³/mol. The van der Waals surface area contributed by atoms with E-state index in [-0.39, 0.29) is 37.0 Å². The molecule has 0 atom stereocenters. The van der Waals surface area contributed by atoms with Crippen molar-refractivity contribution in [3.63, 3.8) is 0 Å². The Bertz CT molecular complexity index is 1710. The Hall–Kier alpha value is -4.99. The highest BCUT2D eigenvalue weighted by atomic mass is 16.5. The van der Waals surface area contributed by atoms with Crippen molar-refractivity contribution in [2.24, 2.45) is 0 Å². The molecule has 3 aromatic carbocycles. The molecule has 10 nitrogen and oxygen atoms in total. The van der Waals surface area contributed by atoms with E-state index in [2.05, 4.69) is 21.0 Å². The summed E-state index contributed by atoms with van der Waals surface area (Å²) in [5.41, 5.74) is 3.23. The number of amides is 2. The SMILES string of the molecule is CC(C)NC(=O)COc1cccc(-c2nc(Nc3ccc4c(cnn4CC(=O)NC(C)C)c3)c3ccccc3n2)c1. The first kappa shape index (κ1) is 27.6. The van der Waals surface area contributed by atoms with E-state index in [1.165, 1.54) is 0 Å². The third-order valence-corrected chi connectivity index (χ3v) is 6.16. The third kappa shape index (κ3) is 6.78. The van der Waals surface area contributed by atoms with Gasteiger partial charge in [-0.2, -0.15) is 5.10 Å². The molecule has 10 heteroatoms. The van der Waals surface area contributed by atoms with Crippen LogP contribution >= 0.6 is 0 Å². The second-order valence-corrected chi connectivity index (χ2v) is 10.4. The number of para-hydroxylation sites is 1. The highest BCUT2D eigenvalue weighted by Crippen LogP contribution is 2.30. The molecule has 0 saturated carbocycles. The van der Waals surface area contributed by atoms with Gasteiger partial charge in [0.2, 0.25) is 5.91 Å². The first-order valence-corrected chi connectivity index (χ1v) is 13.6. The summed E-state index contributed by atoms with van der Waals surface area (Å²) in [6.45, 7) is 7.74. The summed E-state index contributed by atoms with van der Waals surface area (Å²) in [5.74, 6) is 1.46. The topological polar surface area (TPSA) is 123 Å². The molecule has 0 saturated heterocycles. The van der Waals surface area contributed by atoms with E-state index in [0.29, 0.717) is 17.4 Å². The van der Waals surface area contributed by atoms with Crippen LogP contribution in [0.15, 0.2) is 72.9 Å². The fourth-order valence-electron chi connectivity index (χ4n) is 4.47. The zero-order valence-electron chi connectivity index (χ0n) is 23.5. The minimum Gasteiger partial charge on any atom is -0.484 e. The van der Waals surface area contributed by atoms with Gasteiger partial charge in [0.05, 0.1) is 17.2 Å². The zero-order valence-corrected chi connectivity index (χ0v) is 23.5. The monoisotopic (exact) mass is 551 g/mol. The second kappa shape index (κ2) is 12.0. The Morgan fingerprint density at radius 2 is 1.66 bits per heavy atom. The van der Waals surface area contributed by atoms with Gasteiger partial charge in [-0.15, -0.1) is 0 Å². The Labute approximate surface area is 238 Å². The quantitative estimate of drug-likeness (QED) is 0.227. The van der Waals surface area contributed by atoms with Gasteiger partial charge in [-0.3, -0.25) is 14.3 Å². The van der Waals surface area contributed by atoms with Gasteiger partial charge < -0.3 is 20.7 Å². The number of ether oxygens (including phenoxy) is 1. The van der Waals surface area contributed by atoms with Crippen LogP contribution in [0.5, 0.6) is 5.75 Å². The van der Waals surface area contributed by atoms with Crippen molar-refractivity contribution < 1.29 is 14.3 Å². The van der Waals surface area contributed by atoms with E-state index in [4.69, 9.17) is 14.7 Å². The number of nitrogens with zero attached hydrogens (tertiary/aromatic N) is 4. The molecule has 0 bridgehead atoms. The number of benzene rings is 3. The van der Waals surface area contributed by atoms with Crippen LogP contribution in [0.3, 0.4) is 0 Å². The average Bonchev–Trinajstić information content (AvgIpc) is 3.32. The van der Waals surface area contributed by atoms with Crippen LogP contribution in [-0.4, -0.2) is 50.3 Å². The normalized spacial score (nSPS) is 11.3. The summed E-state index contributed by atoms with van der Waals surface area (Å²) in [6.07, 6.45) is 1.75.